The number of benzene rings is 2. The molecule has 2 aromatic carbocycles. The minimum atomic E-state index is -0.383. The van der Waals surface area contributed by atoms with Crippen LogP contribution in [0.15, 0.2) is 59.7 Å². The van der Waals surface area contributed by atoms with Crippen molar-refractivity contribution in [1.82, 2.24) is 0 Å². The molecule has 6 heteroatoms. The predicted molar refractivity (Wildman–Crippen MR) is 85.8 cm³/mol. The van der Waals surface area contributed by atoms with Gasteiger partial charge in [0.05, 0.1) is 5.69 Å². The molecule has 0 bridgehead atoms. The summed E-state index contributed by atoms with van der Waals surface area (Å²) in [6.45, 7) is 0.463. The number of nitrogens with zero attached hydrogens (tertiary/aromatic N) is 2. The highest BCUT2D eigenvalue weighted by Gasteiger charge is 2.02. The average Bonchev–Trinajstić information content (AvgIpc) is 2.54. The van der Waals surface area contributed by atoms with E-state index in [-0.39, 0.29) is 11.5 Å². The highest BCUT2D eigenvalue weighted by molar-refractivity contribution is 6.45. The van der Waals surface area contributed by atoms with Crippen molar-refractivity contribution in [3.05, 3.63) is 60.2 Å². The number of nitrogens with two attached hydrogens (primary N) is 1. The van der Waals surface area contributed by atoms with Gasteiger partial charge in [-0.05, 0) is 17.7 Å². The van der Waals surface area contributed by atoms with E-state index in [1.165, 1.54) is 0 Å². The van der Waals surface area contributed by atoms with Gasteiger partial charge >= 0.3 is 0 Å². The molecule has 0 fully saturated rings. The second-order valence-electron chi connectivity index (χ2n) is 4.40. The van der Waals surface area contributed by atoms with Crippen LogP contribution in [0.2, 0.25) is 0 Å². The van der Waals surface area contributed by atoms with Crippen LogP contribution in [0.5, 0.6) is 5.75 Å². The molecule has 2 aromatic rings. The Kier molecular flexibility index (Phi) is 5.10. The maximum absolute atomic E-state index is 8.77. The standard InChI is InChI=1S/C16H15N5O/c17-10-15(16(18)19)21-20-13-7-4-8-14(9-13)22-11-12-5-2-1-3-6-12/h1-9,20H,11H2,(H3,18,19)/b21-15+. The van der Waals surface area contributed by atoms with Gasteiger partial charge in [0.2, 0.25) is 5.71 Å². The first-order valence-electron chi connectivity index (χ1n) is 6.54. The minimum absolute atomic E-state index is 0.171. The Bertz CT molecular complexity index is 719. The lowest BCUT2D eigenvalue weighted by molar-refractivity contribution is 0.306. The van der Waals surface area contributed by atoms with Crippen molar-refractivity contribution in [2.24, 2.45) is 10.8 Å². The second-order valence-corrected chi connectivity index (χ2v) is 4.40. The number of nitrogens with one attached hydrogen (secondary N) is 2. The van der Waals surface area contributed by atoms with Gasteiger partial charge in [-0.25, -0.2) is 0 Å². The van der Waals surface area contributed by atoms with Crippen molar-refractivity contribution in [3.8, 4) is 11.8 Å². The van der Waals surface area contributed by atoms with E-state index in [0.29, 0.717) is 18.0 Å². The molecule has 2 rings (SSSR count). The Balaban J connectivity index is 2.01. The lowest BCUT2D eigenvalue weighted by atomic mass is 10.2. The number of hydrogen-bond acceptors (Lipinski definition) is 5. The van der Waals surface area contributed by atoms with Crippen molar-refractivity contribution in [1.29, 1.82) is 10.7 Å². The van der Waals surface area contributed by atoms with Gasteiger partial charge < -0.3 is 10.5 Å². The summed E-state index contributed by atoms with van der Waals surface area (Å²) in [6.07, 6.45) is 0. The molecule has 0 atom stereocenters. The maximum atomic E-state index is 8.77. The summed E-state index contributed by atoms with van der Waals surface area (Å²) in [7, 11) is 0. The molecule has 4 N–H and O–H groups in total. The molecule has 0 radical (unpaired) electrons. The van der Waals surface area contributed by atoms with Crippen molar-refractivity contribution < 1.29 is 4.74 Å². The van der Waals surface area contributed by atoms with Crippen LogP contribution in [-0.4, -0.2) is 11.5 Å². The SMILES string of the molecule is N#C/C(=N\Nc1cccc(OCc2ccccc2)c1)C(=N)N. The fourth-order valence-electron chi connectivity index (χ4n) is 1.66. The van der Waals surface area contributed by atoms with Crippen LogP contribution < -0.4 is 15.9 Å². The zero-order valence-electron chi connectivity index (χ0n) is 11.8. The minimum Gasteiger partial charge on any atom is -0.489 e. The van der Waals surface area contributed by atoms with Crippen LogP contribution in [0.25, 0.3) is 0 Å². The van der Waals surface area contributed by atoms with Crippen LogP contribution in [0.1, 0.15) is 5.56 Å². The van der Waals surface area contributed by atoms with Crippen LogP contribution in [0, 0.1) is 16.7 Å². The van der Waals surface area contributed by atoms with E-state index in [2.05, 4.69) is 10.5 Å². The molecule has 0 saturated heterocycles. The summed E-state index contributed by atoms with van der Waals surface area (Å²) >= 11 is 0. The molecule has 0 aromatic heterocycles. The first-order chi connectivity index (χ1) is 10.7. The summed E-state index contributed by atoms with van der Waals surface area (Å²) < 4.78 is 5.69. The lowest BCUT2D eigenvalue weighted by Crippen LogP contribution is -2.21. The first-order valence-corrected chi connectivity index (χ1v) is 6.54. The molecule has 6 nitrogen and oxygen atoms in total. The van der Waals surface area contributed by atoms with Gasteiger partial charge in [0.15, 0.2) is 5.84 Å². The van der Waals surface area contributed by atoms with E-state index >= 15 is 0 Å². The smallest absolute Gasteiger partial charge is 0.201 e. The molecular formula is C16H15N5O. The monoisotopic (exact) mass is 293 g/mol. The number of anilines is 1. The molecular weight excluding hydrogens is 278 g/mol. The normalized spacial score (nSPS) is 10.6. The van der Waals surface area contributed by atoms with Crippen molar-refractivity contribution >= 4 is 17.2 Å². The summed E-state index contributed by atoms with van der Waals surface area (Å²) in [5.74, 6) is 0.289. The zero-order valence-corrected chi connectivity index (χ0v) is 11.8. The average molecular weight is 293 g/mol. The number of hydrogen-bond donors (Lipinski definition) is 3. The van der Waals surface area contributed by atoms with E-state index < -0.39 is 0 Å². The molecule has 0 aliphatic heterocycles. The first kappa shape index (κ1) is 15.1. The number of nitriles is 1. The van der Waals surface area contributed by atoms with Crippen molar-refractivity contribution in [2.75, 3.05) is 5.43 Å². The van der Waals surface area contributed by atoms with E-state index in [4.69, 9.17) is 21.1 Å². The fraction of sp³-hybridized carbons (Fsp3) is 0.0625. The molecule has 0 aliphatic rings. The summed E-state index contributed by atoms with van der Waals surface area (Å²) in [5.41, 5.74) is 9.44. The van der Waals surface area contributed by atoms with Crippen LogP contribution in [-0.2, 0) is 6.61 Å². The fourth-order valence-corrected chi connectivity index (χ4v) is 1.66. The van der Waals surface area contributed by atoms with Crippen LogP contribution in [0.4, 0.5) is 5.69 Å². The predicted octanol–water partition coefficient (Wildman–Crippen LogP) is 2.49. The third-order valence-electron chi connectivity index (χ3n) is 2.74. The van der Waals surface area contributed by atoms with Gasteiger partial charge in [-0.15, -0.1) is 0 Å². The Morgan fingerprint density at radius 1 is 1.23 bits per heavy atom. The second kappa shape index (κ2) is 7.45. The third kappa shape index (κ3) is 4.35. The molecule has 110 valence electrons. The van der Waals surface area contributed by atoms with E-state index in [1.807, 2.05) is 36.4 Å². The molecule has 22 heavy (non-hydrogen) atoms. The lowest BCUT2D eigenvalue weighted by Gasteiger charge is -2.08. The number of hydrazone groups is 1. The molecule has 0 amide bonds. The van der Waals surface area contributed by atoms with E-state index in [1.54, 1.807) is 24.3 Å². The van der Waals surface area contributed by atoms with E-state index in [9.17, 15) is 0 Å². The van der Waals surface area contributed by atoms with Crippen LogP contribution >= 0.6 is 0 Å². The Morgan fingerprint density at radius 3 is 2.68 bits per heavy atom. The Labute approximate surface area is 128 Å². The molecule has 0 spiro atoms. The van der Waals surface area contributed by atoms with Crippen molar-refractivity contribution in [2.45, 2.75) is 6.61 Å². The summed E-state index contributed by atoms with van der Waals surface area (Å²) in [4.78, 5) is 0. The summed E-state index contributed by atoms with van der Waals surface area (Å²) in [6, 6.07) is 18.7. The number of amidine groups is 1. The Hall–Kier alpha value is -3.33. The van der Waals surface area contributed by atoms with Gasteiger partial charge in [-0.3, -0.25) is 10.8 Å². The molecule has 0 heterocycles. The van der Waals surface area contributed by atoms with Gasteiger partial charge in [0.1, 0.15) is 18.4 Å². The zero-order chi connectivity index (χ0) is 15.8. The highest BCUT2D eigenvalue weighted by atomic mass is 16.5. The maximum Gasteiger partial charge on any atom is 0.201 e. The number of rotatable bonds is 6. The van der Waals surface area contributed by atoms with Gasteiger partial charge in [0, 0.05) is 6.07 Å². The van der Waals surface area contributed by atoms with Gasteiger partial charge in [0.25, 0.3) is 0 Å². The summed E-state index contributed by atoms with van der Waals surface area (Å²) in [5, 5.41) is 19.7. The largest absolute Gasteiger partial charge is 0.489 e. The van der Waals surface area contributed by atoms with E-state index in [0.717, 1.165) is 5.56 Å². The van der Waals surface area contributed by atoms with Gasteiger partial charge in [-0.2, -0.15) is 10.4 Å². The molecule has 0 saturated carbocycles. The highest BCUT2D eigenvalue weighted by Crippen LogP contribution is 2.18. The number of ether oxygens (including phenoxy) is 1. The third-order valence-corrected chi connectivity index (χ3v) is 2.74. The Morgan fingerprint density at radius 2 is 2.00 bits per heavy atom. The quantitative estimate of drug-likeness (QED) is 0.432. The van der Waals surface area contributed by atoms with Gasteiger partial charge in [-0.1, -0.05) is 36.4 Å². The van der Waals surface area contributed by atoms with Crippen molar-refractivity contribution in [3.63, 3.8) is 0 Å². The topological polar surface area (TPSA) is 107 Å². The molecule has 0 aliphatic carbocycles. The molecule has 0 unspecified atom stereocenters. The van der Waals surface area contributed by atoms with Crippen LogP contribution in [0.3, 0.4) is 0 Å².